The Labute approximate surface area is 188 Å². The van der Waals surface area contributed by atoms with Crippen molar-refractivity contribution in [3.05, 3.63) is 65.2 Å². The van der Waals surface area contributed by atoms with Crippen LogP contribution in [0.15, 0.2) is 69.0 Å². The predicted octanol–water partition coefficient (Wildman–Crippen LogP) is 1.80. The van der Waals surface area contributed by atoms with Gasteiger partial charge in [0.2, 0.25) is 21.5 Å². The third-order valence-corrected chi connectivity index (χ3v) is 7.32. The summed E-state index contributed by atoms with van der Waals surface area (Å²) in [6, 6.07) is 13.1. The van der Waals surface area contributed by atoms with Gasteiger partial charge in [0.25, 0.3) is 5.56 Å². The van der Waals surface area contributed by atoms with Crippen LogP contribution in [0, 0.1) is 0 Å². The van der Waals surface area contributed by atoms with Gasteiger partial charge in [-0.3, -0.25) is 14.2 Å². The first-order valence-electron chi connectivity index (χ1n) is 10.3. The molecule has 11 heteroatoms. The first-order valence-corrected chi connectivity index (χ1v) is 11.7. The van der Waals surface area contributed by atoms with Gasteiger partial charge in [0.1, 0.15) is 17.6 Å². The summed E-state index contributed by atoms with van der Waals surface area (Å²) in [4.78, 5) is 29.7. The van der Waals surface area contributed by atoms with Crippen molar-refractivity contribution >= 4 is 43.7 Å². The lowest BCUT2D eigenvalue weighted by Gasteiger charge is -2.26. The standard InChI is InChI=1S/C22H20N4O6S/c27-19(13-25-14-23-20-17-3-1-2-4-18(17)32-21(20)22(25)28)24-15-5-7-16(8-6-15)33(29,30)26-9-11-31-12-10-26/h1-8,14H,9-13H2,(H,24,27). The van der Waals surface area contributed by atoms with Crippen molar-refractivity contribution in [2.75, 3.05) is 31.6 Å². The number of hydrogen-bond acceptors (Lipinski definition) is 7. The van der Waals surface area contributed by atoms with Gasteiger partial charge in [0, 0.05) is 24.2 Å². The first-order chi connectivity index (χ1) is 15.9. The van der Waals surface area contributed by atoms with E-state index >= 15 is 0 Å². The number of benzene rings is 2. The second-order valence-electron chi connectivity index (χ2n) is 7.54. The summed E-state index contributed by atoms with van der Waals surface area (Å²) in [6.07, 6.45) is 1.31. The average Bonchev–Trinajstić information content (AvgIpc) is 3.21. The van der Waals surface area contributed by atoms with Crippen LogP contribution in [0.5, 0.6) is 0 Å². The van der Waals surface area contributed by atoms with E-state index in [0.29, 0.717) is 43.1 Å². The molecule has 1 saturated heterocycles. The first kappa shape index (κ1) is 21.3. The molecule has 0 saturated carbocycles. The SMILES string of the molecule is O=C(Cn1cnc2c(oc3ccccc32)c1=O)Nc1ccc(S(=O)(=O)N2CCOCC2)cc1. The Hall–Kier alpha value is -3.54. The summed E-state index contributed by atoms with van der Waals surface area (Å²) in [5.74, 6) is -0.460. The molecule has 0 aliphatic carbocycles. The largest absolute Gasteiger partial charge is 0.448 e. The van der Waals surface area contributed by atoms with E-state index in [1.165, 1.54) is 34.9 Å². The Balaban J connectivity index is 1.31. The van der Waals surface area contributed by atoms with Crippen molar-refractivity contribution in [3.8, 4) is 0 Å². The fraction of sp³-hybridized carbons (Fsp3) is 0.227. The third-order valence-electron chi connectivity index (χ3n) is 5.41. The number of aromatic nitrogens is 2. The van der Waals surface area contributed by atoms with Gasteiger partial charge < -0.3 is 14.5 Å². The van der Waals surface area contributed by atoms with Gasteiger partial charge >= 0.3 is 0 Å². The molecule has 4 aromatic rings. The molecule has 2 aromatic heterocycles. The maximum absolute atomic E-state index is 12.8. The molecule has 1 amide bonds. The molecule has 0 spiro atoms. The summed E-state index contributed by atoms with van der Waals surface area (Å²) >= 11 is 0. The van der Waals surface area contributed by atoms with E-state index in [1.54, 1.807) is 12.1 Å². The van der Waals surface area contributed by atoms with E-state index in [4.69, 9.17) is 9.15 Å². The molecule has 1 fully saturated rings. The number of hydrogen-bond donors (Lipinski definition) is 1. The Morgan fingerprint density at radius 1 is 1.06 bits per heavy atom. The fourth-order valence-electron chi connectivity index (χ4n) is 3.73. The van der Waals surface area contributed by atoms with Gasteiger partial charge in [-0.05, 0) is 36.4 Å². The number of furan rings is 1. The molecular formula is C22H20N4O6S. The van der Waals surface area contributed by atoms with Crippen molar-refractivity contribution in [2.45, 2.75) is 11.4 Å². The molecule has 170 valence electrons. The van der Waals surface area contributed by atoms with E-state index < -0.39 is 21.5 Å². The van der Waals surface area contributed by atoms with E-state index in [9.17, 15) is 18.0 Å². The molecule has 1 aliphatic rings. The summed E-state index contributed by atoms with van der Waals surface area (Å²) in [5, 5.41) is 3.39. The van der Waals surface area contributed by atoms with Crippen LogP contribution in [0.25, 0.3) is 22.1 Å². The van der Waals surface area contributed by atoms with Gasteiger partial charge in [-0.25, -0.2) is 13.4 Å². The molecule has 0 atom stereocenters. The summed E-state index contributed by atoms with van der Waals surface area (Å²) < 4.78 is 38.8. The van der Waals surface area contributed by atoms with Crippen molar-refractivity contribution in [3.63, 3.8) is 0 Å². The minimum absolute atomic E-state index is 0.0872. The molecular weight excluding hydrogens is 448 g/mol. The number of sulfonamides is 1. The van der Waals surface area contributed by atoms with E-state index in [-0.39, 0.29) is 17.0 Å². The van der Waals surface area contributed by atoms with Crippen molar-refractivity contribution in [2.24, 2.45) is 0 Å². The molecule has 0 unspecified atom stereocenters. The predicted molar refractivity (Wildman–Crippen MR) is 120 cm³/mol. The molecule has 10 nitrogen and oxygen atoms in total. The average molecular weight is 468 g/mol. The maximum atomic E-state index is 12.8. The van der Waals surface area contributed by atoms with Gasteiger partial charge in [-0.1, -0.05) is 12.1 Å². The second-order valence-corrected chi connectivity index (χ2v) is 9.48. The smallest absolute Gasteiger partial charge is 0.297 e. The number of nitrogens with one attached hydrogen (secondary N) is 1. The van der Waals surface area contributed by atoms with Crippen LogP contribution in [0.2, 0.25) is 0 Å². The minimum Gasteiger partial charge on any atom is -0.448 e. The highest BCUT2D eigenvalue weighted by molar-refractivity contribution is 7.89. The number of nitrogens with zero attached hydrogens (tertiary/aromatic N) is 3. The van der Waals surface area contributed by atoms with Crippen LogP contribution >= 0.6 is 0 Å². The van der Waals surface area contributed by atoms with E-state index in [0.717, 1.165) is 9.95 Å². The Morgan fingerprint density at radius 2 is 1.79 bits per heavy atom. The monoisotopic (exact) mass is 468 g/mol. The molecule has 1 aliphatic heterocycles. The highest BCUT2D eigenvalue weighted by Crippen LogP contribution is 2.24. The molecule has 0 bridgehead atoms. The summed E-state index contributed by atoms with van der Waals surface area (Å²) in [6.45, 7) is 1.06. The zero-order valence-corrected chi connectivity index (χ0v) is 18.2. The lowest BCUT2D eigenvalue weighted by atomic mass is 10.2. The number of anilines is 1. The van der Waals surface area contributed by atoms with Gasteiger partial charge in [-0.2, -0.15) is 4.31 Å². The van der Waals surface area contributed by atoms with E-state index in [1.807, 2.05) is 12.1 Å². The van der Waals surface area contributed by atoms with Crippen LogP contribution < -0.4 is 10.9 Å². The summed E-state index contributed by atoms with van der Waals surface area (Å²) in [5.41, 5.74) is 1.03. The number of fused-ring (bicyclic) bond motifs is 3. The number of carbonyl (C=O) groups excluding carboxylic acids is 1. The van der Waals surface area contributed by atoms with Gasteiger partial charge in [0.05, 0.1) is 24.4 Å². The third kappa shape index (κ3) is 4.01. The molecule has 0 radical (unpaired) electrons. The summed E-state index contributed by atoms with van der Waals surface area (Å²) in [7, 11) is -3.62. The van der Waals surface area contributed by atoms with Gasteiger partial charge in [0.15, 0.2) is 0 Å². The van der Waals surface area contributed by atoms with Crippen molar-refractivity contribution in [1.29, 1.82) is 0 Å². The number of amides is 1. The van der Waals surface area contributed by atoms with Crippen LogP contribution in [-0.2, 0) is 26.1 Å². The number of morpholine rings is 1. The highest BCUT2D eigenvalue weighted by Gasteiger charge is 2.26. The zero-order valence-electron chi connectivity index (χ0n) is 17.4. The topological polar surface area (TPSA) is 124 Å². The quantitative estimate of drug-likeness (QED) is 0.474. The van der Waals surface area contributed by atoms with Crippen LogP contribution in [0.1, 0.15) is 0 Å². The lowest BCUT2D eigenvalue weighted by Crippen LogP contribution is -2.40. The Kier molecular flexibility index (Phi) is 5.44. The number of para-hydroxylation sites is 1. The molecule has 2 aromatic carbocycles. The highest BCUT2D eigenvalue weighted by atomic mass is 32.2. The normalized spacial score (nSPS) is 15.2. The number of ether oxygens (including phenoxy) is 1. The van der Waals surface area contributed by atoms with E-state index in [2.05, 4.69) is 10.3 Å². The van der Waals surface area contributed by atoms with Crippen LogP contribution in [0.3, 0.4) is 0 Å². The van der Waals surface area contributed by atoms with Gasteiger partial charge in [-0.15, -0.1) is 0 Å². The lowest BCUT2D eigenvalue weighted by molar-refractivity contribution is -0.116. The Morgan fingerprint density at radius 3 is 2.55 bits per heavy atom. The molecule has 3 heterocycles. The van der Waals surface area contributed by atoms with Crippen molar-refractivity contribution < 1.29 is 22.4 Å². The number of carbonyl (C=O) groups is 1. The fourth-order valence-corrected chi connectivity index (χ4v) is 5.14. The minimum atomic E-state index is -3.62. The maximum Gasteiger partial charge on any atom is 0.297 e. The molecule has 1 N–H and O–H groups in total. The molecule has 33 heavy (non-hydrogen) atoms. The van der Waals surface area contributed by atoms with Crippen molar-refractivity contribution in [1.82, 2.24) is 13.9 Å². The van der Waals surface area contributed by atoms with Crippen LogP contribution in [-0.4, -0.2) is 54.5 Å². The number of rotatable bonds is 5. The van der Waals surface area contributed by atoms with Crippen LogP contribution in [0.4, 0.5) is 5.69 Å². The second kappa shape index (κ2) is 8.43. The molecule has 5 rings (SSSR count). The zero-order chi connectivity index (χ0) is 23.0. The Bertz CT molecular complexity index is 1500.